The number of anilines is 3. The summed E-state index contributed by atoms with van der Waals surface area (Å²) in [6, 6.07) is 19.8. The summed E-state index contributed by atoms with van der Waals surface area (Å²) in [4.78, 5) is 40.3. The highest BCUT2D eigenvalue weighted by molar-refractivity contribution is 7.92. The van der Waals surface area contributed by atoms with E-state index in [0.29, 0.717) is 17.1 Å². The monoisotopic (exact) mass is 507 g/mol. The number of hydrogen-bond acceptors (Lipinski definition) is 6. The molecule has 9 nitrogen and oxygen atoms in total. The number of nitrogens with zero attached hydrogens (tertiary/aromatic N) is 3. The number of benzene rings is 3. The van der Waals surface area contributed by atoms with Crippen molar-refractivity contribution in [3.8, 4) is 5.75 Å². The van der Waals surface area contributed by atoms with Crippen LogP contribution < -0.4 is 18.8 Å². The van der Waals surface area contributed by atoms with Crippen molar-refractivity contribution in [3.05, 3.63) is 83.9 Å². The number of carbonyl (C=O) groups is 3. The van der Waals surface area contributed by atoms with E-state index in [-0.39, 0.29) is 36.2 Å². The number of amides is 3. The highest BCUT2D eigenvalue weighted by Gasteiger charge is 2.28. The molecule has 0 spiro atoms. The third-order valence-corrected chi connectivity index (χ3v) is 6.85. The van der Waals surface area contributed by atoms with Gasteiger partial charge in [0.2, 0.25) is 15.9 Å². The second-order valence-corrected chi connectivity index (χ2v) is 10.2. The fourth-order valence-corrected chi connectivity index (χ4v) is 4.74. The Bertz CT molecular complexity index is 1420. The number of ether oxygens (including phenoxy) is 1. The maximum absolute atomic E-state index is 13.2. The first-order valence-electron chi connectivity index (χ1n) is 11.1. The van der Waals surface area contributed by atoms with E-state index in [0.717, 1.165) is 16.1 Å². The standard InChI is InChI=1S/C26H25N3O6S/c1-18(30)27(2)21-12-14-22(15-13-21)29(36(3,33)34)26(32)20-10-8-19(9-11-20)16-28-23-6-4-5-7-24(23)35-17-25(28)31/h4-15H,16-17H2,1-3H3. The summed E-state index contributed by atoms with van der Waals surface area (Å²) in [6.45, 7) is 1.63. The van der Waals surface area contributed by atoms with Gasteiger partial charge < -0.3 is 14.5 Å². The van der Waals surface area contributed by atoms with Crippen LogP contribution in [0.1, 0.15) is 22.8 Å². The van der Waals surface area contributed by atoms with Crippen LogP contribution >= 0.6 is 0 Å². The lowest BCUT2D eigenvalue weighted by molar-refractivity contribution is -0.121. The van der Waals surface area contributed by atoms with E-state index in [2.05, 4.69) is 0 Å². The molecule has 0 bridgehead atoms. The lowest BCUT2D eigenvalue weighted by Gasteiger charge is -2.29. The third-order valence-electron chi connectivity index (χ3n) is 5.81. The topological polar surface area (TPSA) is 104 Å². The van der Waals surface area contributed by atoms with Gasteiger partial charge in [0.05, 0.1) is 24.2 Å². The highest BCUT2D eigenvalue weighted by Crippen LogP contribution is 2.32. The molecule has 1 heterocycles. The number of hydrogen-bond donors (Lipinski definition) is 0. The second-order valence-electron chi connectivity index (χ2n) is 8.36. The Kier molecular flexibility index (Phi) is 6.80. The molecule has 4 rings (SSSR count). The summed E-state index contributed by atoms with van der Waals surface area (Å²) < 4.78 is 31.3. The number of carbonyl (C=O) groups excluding carboxylic acids is 3. The Labute approximate surface area is 209 Å². The van der Waals surface area contributed by atoms with Crippen molar-refractivity contribution in [2.24, 2.45) is 0 Å². The van der Waals surface area contributed by atoms with E-state index in [4.69, 9.17) is 4.74 Å². The molecule has 0 unspecified atom stereocenters. The van der Waals surface area contributed by atoms with Gasteiger partial charge in [0.1, 0.15) is 5.75 Å². The number of rotatable bonds is 6. The fourth-order valence-electron chi connectivity index (χ4n) is 3.83. The normalized spacial score (nSPS) is 13.0. The van der Waals surface area contributed by atoms with Crippen LogP contribution in [0.25, 0.3) is 0 Å². The number of fused-ring (bicyclic) bond motifs is 1. The van der Waals surface area contributed by atoms with Crippen molar-refractivity contribution < 1.29 is 27.5 Å². The lowest BCUT2D eigenvalue weighted by atomic mass is 10.1. The first-order chi connectivity index (χ1) is 17.1. The Hall–Kier alpha value is -4.18. The lowest BCUT2D eigenvalue weighted by Crippen LogP contribution is -2.38. The number of para-hydroxylation sites is 2. The largest absolute Gasteiger partial charge is 0.482 e. The molecule has 0 radical (unpaired) electrons. The molecular weight excluding hydrogens is 482 g/mol. The molecule has 0 atom stereocenters. The molecule has 186 valence electrons. The number of sulfonamides is 1. The zero-order valence-corrected chi connectivity index (χ0v) is 20.9. The molecular formula is C26H25N3O6S. The first kappa shape index (κ1) is 24.9. The van der Waals surface area contributed by atoms with Gasteiger partial charge in [-0.2, -0.15) is 0 Å². The molecule has 3 aromatic rings. The van der Waals surface area contributed by atoms with Crippen molar-refractivity contribution >= 4 is 44.8 Å². The molecule has 1 aliphatic rings. The summed E-state index contributed by atoms with van der Waals surface area (Å²) in [7, 11) is -2.35. The zero-order chi connectivity index (χ0) is 26.0. The predicted octanol–water partition coefficient (Wildman–Crippen LogP) is 3.20. The smallest absolute Gasteiger partial charge is 0.272 e. The first-order valence-corrected chi connectivity index (χ1v) is 12.9. The van der Waals surface area contributed by atoms with E-state index in [9.17, 15) is 22.8 Å². The van der Waals surface area contributed by atoms with Crippen LogP contribution in [0.2, 0.25) is 0 Å². The van der Waals surface area contributed by atoms with Crippen molar-refractivity contribution in [1.82, 2.24) is 0 Å². The van der Waals surface area contributed by atoms with Gasteiger partial charge in [0.25, 0.3) is 11.8 Å². The molecule has 36 heavy (non-hydrogen) atoms. The molecule has 10 heteroatoms. The van der Waals surface area contributed by atoms with Crippen LogP contribution in [0.3, 0.4) is 0 Å². The molecule has 3 aromatic carbocycles. The molecule has 0 aromatic heterocycles. The molecule has 3 amide bonds. The van der Waals surface area contributed by atoms with Crippen LogP contribution in [-0.4, -0.2) is 46.0 Å². The van der Waals surface area contributed by atoms with E-state index < -0.39 is 15.9 Å². The van der Waals surface area contributed by atoms with Gasteiger partial charge in [-0.05, 0) is 54.1 Å². The van der Waals surface area contributed by atoms with Crippen LogP contribution in [0.4, 0.5) is 17.1 Å². The Morgan fingerprint density at radius 2 is 1.56 bits per heavy atom. The third kappa shape index (κ3) is 5.08. The van der Waals surface area contributed by atoms with E-state index in [1.54, 1.807) is 48.3 Å². The minimum absolute atomic E-state index is 0.0576. The van der Waals surface area contributed by atoms with Crippen LogP contribution in [0.15, 0.2) is 72.8 Å². The Balaban J connectivity index is 1.57. The summed E-state index contributed by atoms with van der Waals surface area (Å²) >= 11 is 0. The summed E-state index contributed by atoms with van der Waals surface area (Å²) in [6.07, 6.45) is 0.955. The SMILES string of the molecule is CC(=O)N(C)c1ccc(N(C(=O)c2ccc(CN3C(=O)COc4ccccc43)cc2)S(C)(=O)=O)cc1. The Morgan fingerprint density at radius 1 is 0.944 bits per heavy atom. The quantitative estimate of drug-likeness (QED) is 0.508. The van der Waals surface area contributed by atoms with Gasteiger partial charge in [-0.1, -0.05) is 24.3 Å². The average Bonchev–Trinajstić information content (AvgIpc) is 2.85. The zero-order valence-electron chi connectivity index (χ0n) is 20.0. The van der Waals surface area contributed by atoms with Gasteiger partial charge in [0, 0.05) is 25.2 Å². The average molecular weight is 508 g/mol. The van der Waals surface area contributed by atoms with Gasteiger partial charge in [-0.15, -0.1) is 0 Å². The molecule has 0 saturated carbocycles. The molecule has 0 N–H and O–H groups in total. The molecule has 0 saturated heterocycles. The summed E-state index contributed by atoms with van der Waals surface area (Å²) in [5, 5.41) is 0. The van der Waals surface area contributed by atoms with Crippen LogP contribution in [0, 0.1) is 0 Å². The van der Waals surface area contributed by atoms with Gasteiger partial charge in [-0.25, -0.2) is 12.7 Å². The molecule has 0 aliphatic carbocycles. The van der Waals surface area contributed by atoms with Gasteiger partial charge >= 0.3 is 0 Å². The minimum atomic E-state index is -3.95. The van der Waals surface area contributed by atoms with Crippen molar-refractivity contribution in [2.45, 2.75) is 13.5 Å². The van der Waals surface area contributed by atoms with E-state index >= 15 is 0 Å². The van der Waals surface area contributed by atoms with E-state index in [1.165, 1.54) is 36.1 Å². The van der Waals surface area contributed by atoms with Gasteiger partial charge in [0.15, 0.2) is 6.61 Å². The highest BCUT2D eigenvalue weighted by atomic mass is 32.2. The van der Waals surface area contributed by atoms with Crippen LogP contribution in [0.5, 0.6) is 5.75 Å². The second kappa shape index (κ2) is 9.82. The van der Waals surface area contributed by atoms with E-state index in [1.807, 2.05) is 12.1 Å². The van der Waals surface area contributed by atoms with Crippen molar-refractivity contribution in [2.75, 3.05) is 34.0 Å². The predicted molar refractivity (Wildman–Crippen MR) is 137 cm³/mol. The molecule has 0 fully saturated rings. The van der Waals surface area contributed by atoms with Crippen molar-refractivity contribution in [1.29, 1.82) is 0 Å². The summed E-state index contributed by atoms with van der Waals surface area (Å²) in [5.74, 6) is -0.463. The van der Waals surface area contributed by atoms with Crippen LogP contribution in [-0.2, 0) is 26.2 Å². The minimum Gasteiger partial charge on any atom is -0.482 e. The molecule has 1 aliphatic heterocycles. The van der Waals surface area contributed by atoms with Gasteiger partial charge in [-0.3, -0.25) is 14.4 Å². The fraction of sp³-hybridized carbons (Fsp3) is 0.192. The maximum Gasteiger partial charge on any atom is 0.272 e. The maximum atomic E-state index is 13.2. The van der Waals surface area contributed by atoms with Crippen molar-refractivity contribution in [3.63, 3.8) is 0 Å². The Morgan fingerprint density at radius 3 is 2.17 bits per heavy atom. The summed E-state index contributed by atoms with van der Waals surface area (Å²) in [5.41, 5.74) is 2.32.